The van der Waals surface area contributed by atoms with Crippen LogP contribution in [0.3, 0.4) is 0 Å². The van der Waals surface area contributed by atoms with E-state index in [9.17, 15) is 0 Å². The quantitative estimate of drug-likeness (QED) is 0.764. The number of H-pyrrole nitrogens is 1. The summed E-state index contributed by atoms with van der Waals surface area (Å²) in [5, 5.41) is 13.7. The summed E-state index contributed by atoms with van der Waals surface area (Å²) >= 11 is 0. The van der Waals surface area contributed by atoms with Crippen molar-refractivity contribution in [1.82, 2.24) is 20.6 Å². The fourth-order valence-electron chi connectivity index (χ4n) is 1.33. The number of tetrazole rings is 1. The average Bonchev–Trinajstić information content (AvgIpc) is 2.69. The summed E-state index contributed by atoms with van der Waals surface area (Å²) in [7, 11) is 0. The molecule has 0 radical (unpaired) electrons. The highest BCUT2D eigenvalue weighted by atomic mass is 15.5. The van der Waals surface area contributed by atoms with Crippen LogP contribution in [0.2, 0.25) is 0 Å². The fraction of sp³-hybridized carbons (Fsp3) is 0.300. The molecule has 1 aromatic carbocycles. The van der Waals surface area contributed by atoms with Gasteiger partial charge in [-0.3, -0.25) is 0 Å². The Hall–Kier alpha value is -1.75. The number of benzene rings is 1. The molecule has 1 heterocycles. The minimum absolute atomic E-state index is 0.324. The lowest BCUT2D eigenvalue weighted by Crippen LogP contribution is -2.28. The van der Waals surface area contributed by atoms with Crippen LogP contribution in [-0.4, -0.2) is 20.6 Å². The van der Waals surface area contributed by atoms with Gasteiger partial charge in [0.2, 0.25) is 5.82 Å². The van der Waals surface area contributed by atoms with E-state index in [1.807, 2.05) is 38.1 Å². The first-order valence-electron chi connectivity index (χ1n) is 4.70. The van der Waals surface area contributed by atoms with Crippen molar-refractivity contribution in [2.45, 2.75) is 19.4 Å². The fourth-order valence-corrected chi connectivity index (χ4v) is 1.33. The van der Waals surface area contributed by atoms with Crippen LogP contribution < -0.4 is 5.73 Å². The number of aromatic amines is 1. The molecular formula is C10H13N5. The summed E-state index contributed by atoms with van der Waals surface area (Å²) < 4.78 is 0. The molecule has 78 valence electrons. The SMILES string of the molecule is CC(C)(N)c1ccc(-c2nn[nH]n2)cc1. The molecule has 0 atom stereocenters. The Morgan fingerprint density at radius 3 is 2.33 bits per heavy atom. The van der Waals surface area contributed by atoms with Crippen LogP contribution in [0.15, 0.2) is 24.3 Å². The zero-order chi connectivity index (χ0) is 10.9. The van der Waals surface area contributed by atoms with Gasteiger partial charge < -0.3 is 5.73 Å². The monoisotopic (exact) mass is 203 g/mol. The van der Waals surface area contributed by atoms with Crippen molar-refractivity contribution in [2.75, 3.05) is 0 Å². The zero-order valence-electron chi connectivity index (χ0n) is 8.73. The van der Waals surface area contributed by atoms with Gasteiger partial charge in [0.1, 0.15) is 0 Å². The highest BCUT2D eigenvalue weighted by Crippen LogP contribution is 2.20. The van der Waals surface area contributed by atoms with Gasteiger partial charge in [-0.15, -0.1) is 10.2 Å². The summed E-state index contributed by atoms with van der Waals surface area (Å²) in [5.41, 5.74) is 7.66. The van der Waals surface area contributed by atoms with Crippen LogP contribution in [0, 0.1) is 0 Å². The summed E-state index contributed by atoms with van der Waals surface area (Å²) in [5.74, 6) is 0.594. The maximum atomic E-state index is 5.98. The first-order chi connectivity index (χ1) is 7.07. The van der Waals surface area contributed by atoms with Crippen LogP contribution in [0.5, 0.6) is 0 Å². The number of rotatable bonds is 2. The molecule has 0 aliphatic carbocycles. The van der Waals surface area contributed by atoms with E-state index in [4.69, 9.17) is 5.73 Å². The van der Waals surface area contributed by atoms with Crippen LogP contribution >= 0.6 is 0 Å². The van der Waals surface area contributed by atoms with E-state index in [1.54, 1.807) is 0 Å². The molecule has 0 saturated carbocycles. The molecule has 5 nitrogen and oxygen atoms in total. The zero-order valence-corrected chi connectivity index (χ0v) is 8.73. The second-order valence-electron chi connectivity index (χ2n) is 4.03. The Labute approximate surface area is 87.7 Å². The predicted octanol–water partition coefficient (Wildman–Crippen LogP) is 1.06. The van der Waals surface area contributed by atoms with E-state index in [-0.39, 0.29) is 5.54 Å². The molecule has 1 aromatic heterocycles. The molecule has 0 unspecified atom stereocenters. The molecule has 2 rings (SSSR count). The molecule has 0 saturated heterocycles. The molecule has 0 aliphatic rings. The maximum Gasteiger partial charge on any atom is 0.204 e. The number of aromatic nitrogens is 4. The minimum Gasteiger partial charge on any atom is -0.322 e. The number of nitrogens with one attached hydrogen (secondary N) is 1. The molecular weight excluding hydrogens is 190 g/mol. The molecule has 0 fully saturated rings. The second kappa shape index (κ2) is 3.43. The summed E-state index contributed by atoms with van der Waals surface area (Å²) in [6, 6.07) is 7.83. The summed E-state index contributed by atoms with van der Waals surface area (Å²) in [6.45, 7) is 3.94. The molecule has 3 N–H and O–H groups in total. The van der Waals surface area contributed by atoms with Crippen LogP contribution in [0.25, 0.3) is 11.4 Å². The third-order valence-corrected chi connectivity index (χ3v) is 2.23. The van der Waals surface area contributed by atoms with E-state index in [0.29, 0.717) is 5.82 Å². The van der Waals surface area contributed by atoms with E-state index in [2.05, 4.69) is 20.6 Å². The normalized spacial score (nSPS) is 11.7. The van der Waals surface area contributed by atoms with Crippen LogP contribution in [0.1, 0.15) is 19.4 Å². The van der Waals surface area contributed by atoms with Gasteiger partial charge in [0.15, 0.2) is 0 Å². The highest BCUT2D eigenvalue weighted by molar-refractivity contribution is 5.54. The van der Waals surface area contributed by atoms with Crippen LogP contribution in [0.4, 0.5) is 0 Å². The largest absolute Gasteiger partial charge is 0.322 e. The topological polar surface area (TPSA) is 80.5 Å². The average molecular weight is 203 g/mol. The molecule has 2 aromatic rings. The lowest BCUT2D eigenvalue weighted by molar-refractivity contribution is 0.554. The number of nitrogens with zero attached hydrogens (tertiary/aromatic N) is 3. The van der Waals surface area contributed by atoms with Crippen molar-refractivity contribution >= 4 is 0 Å². The summed E-state index contributed by atoms with van der Waals surface area (Å²) in [4.78, 5) is 0. The van der Waals surface area contributed by atoms with Gasteiger partial charge in [0.05, 0.1) is 0 Å². The molecule has 0 bridgehead atoms. The first-order valence-corrected chi connectivity index (χ1v) is 4.70. The van der Waals surface area contributed by atoms with Gasteiger partial charge in [-0.05, 0) is 24.6 Å². The smallest absolute Gasteiger partial charge is 0.204 e. The third kappa shape index (κ3) is 2.02. The van der Waals surface area contributed by atoms with E-state index >= 15 is 0 Å². The van der Waals surface area contributed by atoms with E-state index in [0.717, 1.165) is 11.1 Å². The Morgan fingerprint density at radius 2 is 1.87 bits per heavy atom. The number of hydrogen-bond acceptors (Lipinski definition) is 4. The van der Waals surface area contributed by atoms with Crippen molar-refractivity contribution in [2.24, 2.45) is 5.73 Å². The number of hydrogen-bond donors (Lipinski definition) is 2. The maximum absolute atomic E-state index is 5.98. The Balaban J connectivity index is 2.33. The summed E-state index contributed by atoms with van der Waals surface area (Å²) in [6.07, 6.45) is 0. The number of nitrogens with two attached hydrogens (primary N) is 1. The van der Waals surface area contributed by atoms with Gasteiger partial charge in [0.25, 0.3) is 0 Å². The third-order valence-electron chi connectivity index (χ3n) is 2.23. The second-order valence-corrected chi connectivity index (χ2v) is 4.03. The highest BCUT2D eigenvalue weighted by Gasteiger charge is 2.13. The standard InChI is InChI=1S/C10H13N5/c1-10(2,11)8-5-3-7(4-6-8)9-12-14-15-13-9/h3-6H,11H2,1-2H3,(H,12,13,14,15). The van der Waals surface area contributed by atoms with Gasteiger partial charge in [-0.2, -0.15) is 5.21 Å². The van der Waals surface area contributed by atoms with Crippen molar-refractivity contribution < 1.29 is 0 Å². The van der Waals surface area contributed by atoms with Gasteiger partial charge in [-0.1, -0.05) is 24.3 Å². The Morgan fingerprint density at radius 1 is 1.20 bits per heavy atom. The molecule has 15 heavy (non-hydrogen) atoms. The Bertz CT molecular complexity index is 424. The van der Waals surface area contributed by atoms with Gasteiger partial charge in [-0.25, -0.2) is 0 Å². The first kappa shape index (κ1) is 9.79. The van der Waals surface area contributed by atoms with E-state index < -0.39 is 0 Å². The van der Waals surface area contributed by atoms with Gasteiger partial charge >= 0.3 is 0 Å². The minimum atomic E-state index is -0.324. The lowest BCUT2D eigenvalue weighted by atomic mass is 9.95. The van der Waals surface area contributed by atoms with E-state index in [1.165, 1.54) is 0 Å². The molecule has 0 spiro atoms. The Kier molecular flexibility index (Phi) is 2.24. The van der Waals surface area contributed by atoms with Crippen LogP contribution in [-0.2, 0) is 5.54 Å². The molecule has 5 heteroatoms. The molecule has 0 amide bonds. The molecule has 0 aliphatic heterocycles. The van der Waals surface area contributed by atoms with Gasteiger partial charge in [0, 0.05) is 11.1 Å². The lowest BCUT2D eigenvalue weighted by Gasteiger charge is -2.18. The van der Waals surface area contributed by atoms with Crippen molar-refractivity contribution in [3.05, 3.63) is 29.8 Å². The van der Waals surface area contributed by atoms with Crippen molar-refractivity contribution in [3.63, 3.8) is 0 Å². The predicted molar refractivity (Wildman–Crippen MR) is 56.8 cm³/mol. The van der Waals surface area contributed by atoms with Crippen molar-refractivity contribution in [3.8, 4) is 11.4 Å². The van der Waals surface area contributed by atoms with Crippen molar-refractivity contribution in [1.29, 1.82) is 0 Å².